The predicted molar refractivity (Wildman–Crippen MR) is 49.1 cm³/mol. The molecule has 3 aliphatic rings. The van der Waals surface area contributed by atoms with E-state index < -0.39 is 11.7 Å². The van der Waals surface area contributed by atoms with Gasteiger partial charge in [0.05, 0.1) is 11.7 Å². The van der Waals surface area contributed by atoms with Crippen LogP contribution in [0, 0.1) is 17.8 Å². The molecule has 2 heteroatoms. The van der Waals surface area contributed by atoms with Gasteiger partial charge in [0.1, 0.15) is 0 Å². The van der Waals surface area contributed by atoms with Gasteiger partial charge in [0.15, 0.2) is 0 Å². The first kappa shape index (κ1) is 8.25. The molecule has 4 bridgehead atoms. The second-order valence-corrected chi connectivity index (χ2v) is 5.25. The molecule has 13 heavy (non-hydrogen) atoms. The number of hydrogen-bond donors (Lipinski definition) is 2. The Morgan fingerprint density at radius 2 is 1.92 bits per heavy atom. The fraction of sp³-hybridized carbons (Fsp3) is 1.00. The van der Waals surface area contributed by atoms with Crippen molar-refractivity contribution in [2.75, 3.05) is 0 Å². The summed E-state index contributed by atoms with van der Waals surface area (Å²) in [5.41, 5.74) is -0.690. The molecule has 0 amide bonds. The highest BCUT2D eigenvalue weighted by Crippen LogP contribution is 2.59. The third kappa shape index (κ3) is 0.909. The smallest absolute Gasteiger partial charge is 0.0938 e. The summed E-state index contributed by atoms with van der Waals surface area (Å²) in [5, 5.41) is 20.3. The van der Waals surface area contributed by atoms with Crippen LogP contribution in [-0.4, -0.2) is 21.9 Å². The van der Waals surface area contributed by atoms with Crippen molar-refractivity contribution in [1.29, 1.82) is 0 Å². The molecule has 0 saturated heterocycles. The lowest BCUT2D eigenvalue weighted by Gasteiger charge is -2.36. The molecular formula is C11H18O2. The average Bonchev–Trinajstić information content (AvgIpc) is 2.55. The maximum Gasteiger partial charge on any atom is 0.0938 e. The third-order valence-corrected chi connectivity index (χ3v) is 4.79. The highest BCUT2D eigenvalue weighted by molar-refractivity contribution is 5.10. The van der Waals surface area contributed by atoms with Crippen LogP contribution in [0.1, 0.15) is 38.5 Å². The summed E-state index contributed by atoms with van der Waals surface area (Å²) in [6, 6.07) is 0. The highest BCUT2D eigenvalue weighted by Gasteiger charge is 2.59. The Morgan fingerprint density at radius 1 is 1.08 bits per heavy atom. The van der Waals surface area contributed by atoms with E-state index in [4.69, 9.17) is 0 Å². The Hall–Kier alpha value is -0.0800. The number of rotatable bonds is 0. The first-order valence-corrected chi connectivity index (χ1v) is 5.62. The number of hydrogen-bond acceptors (Lipinski definition) is 2. The van der Waals surface area contributed by atoms with Crippen LogP contribution in [0.5, 0.6) is 0 Å². The monoisotopic (exact) mass is 182 g/mol. The van der Waals surface area contributed by atoms with Gasteiger partial charge in [0.2, 0.25) is 0 Å². The lowest BCUT2D eigenvalue weighted by atomic mass is 9.79. The van der Waals surface area contributed by atoms with Gasteiger partial charge in [-0.25, -0.2) is 0 Å². The molecule has 0 aromatic rings. The molecule has 5 atom stereocenters. The second-order valence-electron chi connectivity index (χ2n) is 5.25. The van der Waals surface area contributed by atoms with Gasteiger partial charge in [-0.1, -0.05) is 6.42 Å². The first-order chi connectivity index (χ1) is 6.22. The van der Waals surface area contributed by atoms with Gasteiger partial charge in [-0.3, -0.25) is 0 Å². The Morgan fingerprint density at radius 3 is 2.77 bits per heavy atom. The molecule has 3 aliphatic carbocycles. The van der Waals surface area contributed by atoms with Crippen molar-refractivity contribution in [2.24, 2.45) is 17.8 Å². The van der Waals surface area contributed by atoms with E-state index >= 15 is 0 Å². The zero-order valence-corrected chi connectivity index (χ0v) is 7.95. The van der Waals surface area contributed by atoms with Crippen LogP contribution in [0.15, 0.2) is 0 Å². The lowest BCUT2D eigenvalue weighted by molar-refractivity contribution is -0.111. The minimum absolute atomic E-state index is 0.426. The van der Waals surface area contributed by atoms with Crippen molar-refractivity contribution >= 4 is 0 Å². The highest BCUT2D eigenvalue weighted by atomic mass is 16.3. The van der Waals surface area contributed by atoms with Gasteiger partial charge < -0.3 is 10.2 Å². The van der Waals surface area contributed by atoms with E-state index in [-0.39, 0.29) is 0 Å². The average molecular weight is 182 g/mol. The van der Waals surface area contributed by atoms with Crippen LogP contribution in [0.3, 0.4) is 0 Å². The zero-order valence-electron chi connectivity index (χ0n) is 7.95. The van der Waals surface area contributed by atoms with E-state index in [1.54, 1.807) is 0 Å². The molecule has 5 unspecified atom stereocenters. The molecule has 0 heterocycles. The molecule has 3 fully saturated rings. The Balaban J connectivity index is 1.98. The number of aliphatic hydroxyl groups is 2. The van der Waals surface area contributed by atoms with E-state index in [2.05, 4.69) is 0 Å². The van der Waals surface area contributed by atoms with Crippen molar-refractivity contribution in [1.82, 2.24) is 0 Å². The molecular weight excluding hydrogens is 164 g/mol. The van der Waals surface area contributed by atoms with Gasteiger partial charge in [-0.2, -0.15) is 0 Å². The molecule has 0 spiro atoms. The van der Waals surface area contributed by atoms with Gasteiger partial charge in [-0.15, -0.1) is 0 Å². The summed E-state index contributed by atoms with van der Waals surface area (Å²) in [4.78, 5) is 0. The van der Waals surface area contributed by atoms with Crippen molar-refractivity contribution < 1.29 is 10.2 Å². The van der Waals surface area contributed by atoms with Gasteiger partial charge in [0.25, 0.3) is 0 Å². The Kier molecular flexibility index (Phi) is 1.58. The third-order valence-electron chi connectivity index (χ3n) is 4.79. The summed E-state index contributed by atoms with van der Waals surface area (Å²) >= 11 is 0. The van der Waals surface area contributed by atoms with Crippen molar-refractivity contribution in [3.63, 3.8) is 0 Å². The van der Waals surface area contributed by atoms with Crippen LogP contribution in [0.25, 0.3) is 0 Å². The van der Waals surface area contributed by atoms with Crippen LogP contribution in [0.2, 0.25) is 0 Å². The summed E-state index contributed by atoms with van der Waals surface area (Å²) < 4.78 is 0. The van der Waals surface area contributed by atoms with E-state index in [0.29, 0.717) is 5.92 Å². The molecule has 3 rings (SSSR count). The summed E-state index contributed by atoms with van der Waals surface area (Å²) in [7, 11) is 0. The van der Waals surface area contributed by atoms with E-state index in [1.165, 1.54) is 12.8 Å². The standard InChI is InChI=1S/C11H18O2/c12-10-3-1-2-8-7-4-5-9(8)11(10,13)6-7/h7-10,12-13H,1-6H2. The predicted octanol–water partition coefficient (Wildman–Crippen LogP) is 1.31. The molecule has 0 aliphatic heterocycles. The molecule has 74 valence electrons. The summed E-state index contributed by atoms with van der Waals surface area (Å²) in [6.07, 6.45) is 6.07. The fourth-order valence-corrected chi connectivity index (χ4v) is 4.21. The van der Waals surface area contributed by atoms with E-state index in [9.17, 15) is 10.2 Å². The summed E-state index contributed by atoms with van der Waals surface area (Å²) in [5.74, 6) is 1.89. The SMILES string of the molecule is OC1CCCC2C3CCC2C1(O)C3. The van der Waals surface area contributed by atoms with Gasteiger partial charge >= 0.3 is 0 Å². The molecule has 3 saturated carbocycles. The van der Waals surface area contributed by atoms with E-state index in [1.807, 2.05) is 0 Å². The Labute approximate surface area is 79.0 Å². The largest absolute Gasteiger partial charge is 0.390 e. The van der Waals surface area contributed by atoms with Crippen molar-refractivity contribution in [2.45, 2.75) is 50.2 Å². The van der Waals surface area contributed by atoms with Crippen LogP contribution >= 0.6 is 0 Å². The maximum atomic E-state index is 10.4. The molecule has 0 radical (unpaired) electrons. The molecule has 2 N–H and O–H groups in total. The summed E-state index contributed by atoms with van der Waals surface area (Å²) in [6.45, 7) is 0. The van der Waals surface area contributed by atoms with Gasteiger partial charge in [0, 0.05) is 0 Å². The number of aliphatic hydroxyl groups excluding tert-OH is 1. The van der Waals surface area contributed by atoms with Crippen LogP contribution in [-0.2, 0) is 0 Å². The first-order valence-electron chi connectivity index (χ1n) is 5.62. The zero-order chi connectivity index (χ0) is 9.05. The minimum atomic E-state index is -0.690. The van der Waals surface area contributed by atoms with Crippen LogP contribution < -0.4 is 0 Å². The Bertz CT molecular complexity index is 228. The normalized spacial score (nSPS) is 59.5. The molecule has 0 aromatic carbocycles. The van der Waals surface area contributed by atoms with Crippen molar-refractivity contribution in [3.05, 3.63) is 0 Å². The topological polar surface area (TPSA) is 40.5 Å². The molecule has 0 aromatic heterocycles. The molecule has 2 nitrogen and oxygen atoms in total. The van der Waals surface area contributed by atoms with Crippen LogP contribution in [0.4, 0.5) is 0 Å². The minimum Gasteiger partial charge on any atom is -0.390 e. The van der Waals surface area contributed by atoms with Crippen molar-refractivity contribution in [3.8, 4) is 0 Å². The van der Waals surface area contributed by atoms with E-state index in [0.717, 1.165) is 37.5 Å². The quantitative estimate of drug-likeness (QED) is 0.593. The fourth-order valence-electron chi connectivity index (χ4n) is 4.21. The lowest BCUT2D eigenvalue weighted by Crippen LogP contribution is -2.46. The maximum absolute atomic E-state index is 10.4. The second kappa shape index (κ2) is 2.48. The van der Waals surface area contributed by atoms with Gasteiger partial charge in [-0.05, 0) is 49.9 Å².